The van der Waals surface area contributed by atoms with Crippen LogP contribution in [0, 0.1) is 11.8 Å². The standard InChI is InChI=1S/C15H24N4O/c1-12(2)11-18(3)15(20)13-4-8-19(9-5-13)14-10-16-6-7-17-14/h6-7,10,12-13H,4-5,8-9,11H2,1-3H3. The van der Waals surface area contributed by atoms with Crippen LogP contribution in [0.5, 0.6) is 0 Å². The number of piperidine rings is 1. The molecule has 0 unspecified atom stereocenters. The molecule has 0 N–H and O–H groups in total. The Hall–Kier alpha value is -1.65. The summed E-state index contributed by atoms with van der Waals surface area (Å²) in [4.78, 5) is 24.9. The fraction of sp³-hybridized carbons (Fsp3) is 0.667. The predicted molar refractivity (Wildman–Crippen MR) is 79.4 cm³/mol. The van der Waals surface area contributed by atoms with Gasteiger partial charge in [0.25, 0.3) is 0 Å². The highest BCUT2D eigenvalue weighted by atomic mass is 16.2. The van der Waals surface area contributed by atoms with Gasteiger partial charge in [-0.15, -0.1) is 0 Å². The SMILES string of the molecule is CC(C)CN(C)C(=O)C1CCN(c2cnccn2)CC1. The molecule has 1 aromatic heterocycles. The lowest BCUT2D eigenvalue weighted by Gasteiger charge is -2.34. The lowest BCUT2D eigenvalue weighted by Crippen LogP contribution is -2.42. The minimum atomic E-state index is 0.159. The van der Waals surface area contributed by atoms with Crippen LogP contribution in [0.25, 0.3) is 0 Å². The van der Waals surface area contributed by atoms with E-state index < -0.39 is 0 Å². The minimum absolute atomic E-state index is 0.159. The van der Waals surface area contributed by atoms with Gasteiger partial charge in [0, 0.05) is 45.0 Å². The van der Waals surface area contributed by atoms with Crippen molar-refractivity contribution in [3.63, 3.8) is 0 Å². The number of carbonyl (C=O) groups is 1. The average Bonchev–Trinajstić information content (AvgIpc) is 2.47. The Bertz CT molecular complexity index is 427. The first kappa shape index (κ1) is 14.8. The summed E-state index contributed by atoms with van der Waals surface area (Å²) in [5.74, 6) is 1.88. The monoisotopic (exact) mass is 276 g/mol. The van der Waals surface area contributed by atoms with Crippen LogP contribution in [0.3, 0.4) is 0 Å². The molecule has 1 aliphatic rings. The molecular formula is C15H24N4O. The van der Waals surface area contributed by atoms with E-state index in [0.29, 0.717) is 5.92 Å². The second kappa shape index (κ2) is 6.68. The lowest BCUT2D eigenvalue weighted by atomic mass is 9.95. The van der Waals surface area contributed by atoms with Crippen LogP contribution in [-0.2, 0) is 4.79 Å². The van der Waals surface area contributed by atoms with Gasteiger partial charge in [-0.25, -0.2) is 4.98 Å². The Labute approximate surface area is 121 Å². The largest absolute Gasteiger partial charge is 0.355 e. The van der Waals surface area contributed by atoms with E-state index in [1.807, 2.05) is 11.9 Å². The molecule has 110 valence electrons. The minimum Gasteiger partial charge on any atom is -0.355 e. The van der Waals surface area contributed by atoms with Gasteiger partial charge < -0.3 is 9.80 Å². The predicted octanol–water partition coefficient (Wildman–Crippen LogP) is 1.81. The molecular weight excluding hydrogens is 252 g/mol. The van der Waals surface area contributed by atoms with Gasteiger partial charge in [-0.2, -0.15) is 0 Å². The highest BCUT2D eigenvalue weighted by Crippen LogP contribution is 2.22. The summed E-state index contributed by atoms with van der Waals surface area (Å²) < 4.78 is 0. The zero-order chi connectivity index (χ0) is 14.5. The molecule has 0 bridgehead atoms. The molecule has 1 amide bonds. The van der Waals surface area contributed by atoms with Gasteiger partial charge >= 0.3 is 0 Å². The summed E-state index contributed by atoms with van der Waals surface area (Å²) in [7, 11) is 1.91. The summed E-state index contributed by atoms with van der Waals surface area (Å²) >= 11 is 0. The smallest absolute Gasteiger partial charge is 0.225 e. The normalized spacial score (nSPS) is 16.5. The van der Waals surface area contributed by atoms with Crippen molar-refractivity contribution in [1.82, 2.24) is 14.9 Å². The Morgan fingerprint density at radius 1 is 1.40 bits per heavy atom. The lowest BCUT2D eigenvalue weighted by molar-refractivity contribution is -0.135. The highest BCUT2D eigenvalue weighted by Gasteiger charge is 2.27. The van der Waals surface area contributed by atoms with Gasteiger partial charge in [0.05, 0.1) is 6.20 Å². The third-order valence-electron chi connectivity index (χ3n) is 3.73. The third kappa shape index (κ3) is 3.68. The Kier molecular flexibility index (Phi) is 4.93. The van der Waals surface area contributed by atoms with E-state index in [1.54, 1.807) is 18.6 Å². The molecule has 2 heterocycles. The molecule has 0 spiro atoms. The topological polar surface area (TPSA) is 49.3 Å². The molecule has 0 saturated carbocycles. The van der Waals surface area contributed by atoms with Crippen LogP contribution in [0.2, 0.25) is 0 Å². The number of rotatable bonds is 4. The van der Waals surface area contributed by atoms with Crippen LogP contribution in [0.15, 0.2) is 18.6 Å². The summed E-state index contributed by atoms with van der Waals surface area (Å²) in [6, 6.07) is 0. The molecule has 1 fully saturated rings. The van der Waals surface area contributed by atoms with E-state index >= 15 is 0 Å². The van der Waals surface area contributed by atoms with Crippen molar-refractivity contribution < 1.29 is 4.79 Å². The fourth-order valence-corrected chi connectivity index (χ4v) is 2.76. The van der Waals surface area contributed by atoms with Crippen molar-refractivity contribution in [3.8, 4) is 0 Å². The van der Waals surface area contributed by atoms with Crippen molar-refractivity contribution in [3.05, 3.63) is 18.6 Å². The molecule has 1 aromatic rings. The molecule has 2 rings (SSSR count). The number of nitrogens with zero attached hydrogens (tertiary/aromatic N) is 4. The quantitative estimate of drug-likeness (QED) is 0.841. The van der Waals surface area contributed by atoms with E-state index in [9.17, 15) is 4.79 Å². The van der Waals surface area contributed by atoms with Crippen molar-refractivity contribution in [1.29, 1.82) is 0 Å². The number of carbonyl (C=O) groups excluding carboxylic acids is 1. The first-order valence-electron chi connectivity index (χ1n) is 7.34. The van der Waals surface area contributed by atoms with Crippen molar-refractivity contribution in [2.24, 2.45) is 11.8 Å². The fourth-order valence-electron chi connectivity index (χ4n) is 2.76. The molecule has 20 heavy (non-hydrogen) atoms. The molecule has 5 heteroatoms. The number of hydrogen-bond acceptors (Lipinski definition) is 4. The van der Waals surface area contributed by atoms with Gasteiger partial charge in [0.15, 0.2) is 0 Å². The Morgan fingerprint density at radius 2 is 2.10 bits per heavy atom. The van der Waals surface area contributed by atoms with Crippen LogP contribution in [0.1, 0.15) is 26.7 Å². The van der Waals surface area contributed by atoms with Gasteiger partial charge in [-0.1, -0.05) is 13.8 Å². The Morgan fingerprint density at radius 3 is 2.65 bits per heavy atom. The van der Waals surface area contributed by atoms with Gasteiger partial charge in [-0.05, 0) is 18.8 Å². The third-order valence-corrected chi connectivity index (χ3v) is 3.73. The van der Waals surface area contributed by atoms with Crippen molar-refractivity contribution in [2.75, 3.05) is 31.6 Å². The average molecular weight is 276 g/mol. The van der Waals surface area contributed by atoms with Gasteiger partial charge in [0.2, 0.25) is 5.91 Å². The molecule has 0 atom stereocenters. The second-order valence-electron chi connectivity index (χ2n) is 5.94. The van der Waals surface area contributed by atoms with Gasteiger partial charge in [-0.3, -0.25) is 9.78 Å². The van der Waals surface area contributed by atoms with Crippen LogP contribution in [0.4, 0.5) is 5.82 Å². The second-order valence-corrected chi connectivity index (χ2v) is 5.94. The number of hydrogen-bond donors (Lipinski definition) is 0. The Balaban J connectivity index is 1.86. The molecule has 0 aliphatic carbocycles. The highest BCUT2D eigenvalue weighted by molar-refractivity contribution is 5.78. The summed E-state index contributed by atoms with van der Waals surface area (Å²) in [5.41, 5.74) is 0. The number of anilines is 1. The maximum Gasteiger partial charge on any atom is 0.225 e. The maximum absolute atomic E-state index is 12.4. The maximum atomic E-state index is 12.4. The zero-order valence-electron chi connectivity index (χ0n) is 12.6. The van der Waals surface area contributed by atoms with Crippen molar-refractivity contribution >= 4 is 11.7 Å². The van der Waals surface area contributed by atoms with E-state index in [4.69, 9.17) is 0 Å². The number of amides is 1. The first-order chi connectivity index (χ1) is 9.58. The summed E-state index contributed by atoms with van der Waals surface area (Å²) in [5, 5.41) is 0. The molecule has 0 radical (unpaired) electrons. The summed E-state index contributed by atoms with van der Waals surface area (Å²) in [6.45, 7) is 6.87. The van der Waals surface area contributed by atoms with Crippen LogP contribution < -0.4 is 4.90 Å². The van der Waals surface area contributed by atoms with Gasteiger partial charge in [0.1, 0.15) is 5.82 Å². The van der Waals surface area contributed by atoms with E-state index in [-0.39, 0.29) is 11.8 Å². The summed E-state index contributed by atoms with van der Waals surface area (Å²) in [6.07, 6.45) is 6.98. The molecule has 1 aliphatic heterocycles. The zero-order valence-corrected chi connectivity index (χ0v) is 12.6. The van der Waals surface area contributed by atoms with Crippen LogP contribution in [-0.4, -0.2) is 47.5 Å². The molecule has 5 nitrogen and oxygen atoms in total. The van der Waals surface area contributed by atoms with E-state index in [0.717, 1.165) is 38.3 Å². The van der Waals surface area contributed by atoms with Crippen molar-refractivity contribution in [2.45, 2.75) is 26.7 Å². The first-order valence-corrected chi connectivity index (χ1v) is 7.34. The molecule has 1 saturated heterocycles. The van der Waals surface area contributed by atoms with Crippen LogP contribution >= 0.6 is 0 Å². The van der Waals surface area contributed by atoms with E-state index in [1.165, 1.54) is 0 Å². The van der Waals surface area contributed by atoms with E-state index in [2.05, 4.69) is 28.7 Å². The molecule has 0 aromatic carbocycles. The number of aromatic nitrogens is 2.